The number of nitrogens with zero attached hydrogens (tertiary/aromatic N) is 1. The molecule has 0 spiro atoms. The monoisotopic (exact) mass is 357 g/mol. The summed E-state index contributed by atoms with van der Waals surface area (Å²) < 4.78 is 37.5. The van der Waals surface area contributed by atoms with Gasteiger partial charge in [-0.05, 0) is 37.1 Å². The molecule has 1 saturated heterocycles. The van der Waals surface area contributed by atoms with Crippen LogP contribution >= 0.6 is 0 Å². The van der Waals surface area contributed by atoms with Gasteiger partial charge in [-0.1, -0.05) is 6.92 Å². The van der Waals surface area contributed by atoms with Gasteiger partial charge in [-0.3, -0.25) is 9.59 Å². The van der Waals surface area contributed by atoms with Gasteiger partial charge >= 0.3 is 5.97 Å². The minimum absolute atomic E-state index is 0.0202. The number of benzene rings is 1. The molecular weight excluding hydrogens is 337 g/mol. The molecule has 1 aliphatic heterocycles. The van der Waals surface area contributed by atoms with Crippen LogP contribution < -0.4 is 0 Å². The highest BCUT2D eigenvalue weighted by molar-refractivity contribution is 7.91. The highest BCUT2D eigenvalue weighted by Crippen LogP contribution is 2.21. The molecule has 0 radical (unpaired) electrons. The Morgan fingerprint density at radius 3 is 2.29 bits per heavy atom. The molecule has 6 nitrogen and oxygen atoms in total. The number of aliphatic carboxylic acids is 1. The highest BCUT2D eigenvalue weighted by atomic mass is 32.2. The minimum atomic E-state index is -3.69. The summed E-state index contributed by atoms with van der Waals surface area (Å²) >= 11 is 0. The van der Waals surface area contributed by atoms with E-state index in [9.17, 15) is 22.4 Å². The third-order valence-electron chi connectivity index (χ3n) is 4.22. The van der Waals surface area contributed by atoms with Gasteiger partial charge in [0.25, 0.3) is 0 Å². The standard InChI is InChI=1S/C16H20FNO5S/c1-11(10-24(22,23)14-4-2-13(17)3-5-14)15(19)18-8-6-12(7-9-18)16(20)21/h2-5,11-12H,6-10H2,1H3,(H,20,21). The zero-order chi connectivity index (χ0) is 17.9. The second kappa shape index (κ2) is 7.29. The van der Waals surface area contributed by atoms with E-state index in [2.05, 4.69) is 0 Å². The zero-order valence-electron chi connectivity index (χ0n) is 13.3. The fourth-order valence-electron chi connectivity index (χ4n) is 2.80. The number of sulfone groups is 1. The number of halogens is 1. The third kappa shape index (κ3) is 4.31. The molecular formula is C16H20FNO5S. The maximum Gasteiger partial charge on any atom is 0.306 e. The van der Waals surface area contributed by atoms with Crippen molar-refractivity contribution >= 4 is 21.7 Å². The average Bonchev–Trinajstić information content (AvgIpc) is 2.54. The summed E-state index contributed by atoms with van der Waals surface area (Å²) in [6.45, 7) is 2.17. The topological polar surface area (TPSA) is 91.8 Å². The molecule has 0 aliphatic carbocycles. The number of likely N-dealkylation sites (tertiary alicyclic amines) is 1. The zero-order valence-corrected chi connectivity index (χ0v) is 14.1. The van der Waals surface area contributed by atoms with Gasteiger partial charge in [-0.15, -0.1) is 0 Å². The molecule has 2 rings (SSSR count). The van der Waals surface area contributed by atoms with Crippen LogP contribution in [0.15, 0.2) is 29.2 Å². The average molecular weight is 357 g/mol. The molecule has 0 bridgehead atoms. The number of piperidine rings is 1. The fourth-order valence-corrected chi connectivity index (χ4v) is 4.34. The van der Waals surface area contributed by atoms with E-state index in [1.807, 2.05) is 0 Å². The van der Waals surface area contributed by atoms with E-state index in [1.165, 1.54) is 24.0 Å². The van der Waals surface area contributed by atoms with Crippen LogP contribution in [0.25, 0.3) is 0 Å². The predicted octanol–water partition coefficient (Wildman–Crippen LogP) is 1.56. The molecule has 1 N–H and O–H groups in total. The summed E-state index contributed by atoms with van der Waals surface area (Å²) in [6, 6.07) is 4.49. The van der Waals surface area contributed by atoms with E-state index in [1.54, 1.807) is 0 Å². The van der Waals surface area contributed by atoms with Crippen LogP contribution in [-0.4, -0.2) is 49.1 Å². The van der Waals surface area contributed by atoms with Crippen molar-refractivity contribution in [3.05, 3.63) is 30.1 Å². The van der Waals surface area contributed by atoms with Crippen LogP contribution in [0.2, 0.25) is 0 Å². The molecule has 8 heteroatoms. The molecule has 1 aliphatic rings. The van der Waals surface area contributed by atoms with Crippen molar-refractivity contribution < 1.29 is 27.5 Å². The largest absolute Gasteiger partial charge is 0.481 e. The number of hydrogen-bond acceptors (Lipinski definition) is 4. The summed E-state index contributed by atoms with van der Waals surface area (Å²) in [4.78, 5) is 24.8. The van der Waals surface area contributed by atoms with Gasteiger partial charge < -0.3 is 10.0 Å². The van der Waals surface area contributed by atoms with E-state index in [-0.39, 0.29) is 16.6 Å². The number of carbonyl (C=O) groups excluding carboxylic acids is 1. The number of amides is 1. The quantitative estimate of drug-likeness (QED) is 0.808. The summed E-state index contributed by atoms with van der Waals surface area (Å²) in [5, 5.41) is 8.96. The van der Waals surface area contributed by atoms with E-state index < -0.39 is 33.5 Å². The molecule has 24 heavy (non-hydrogen) atoms. The van der Waals surface area contributed by atoms with Crippen molar-refractivity contribution in [1.29, 1.82) is 0 Å². The Bertz CT molecular complexity index is 708. The predicted molar refractivity (Wildman–Crippen MR) is 84.6 cm³/mol. The second-order valence-electron chi connectivity index (χ2n) is 6.07. The molecule has 0 saturated carbocycles. The summed E-state index contributed by atoms with van der Waals surface area (Å²) in [5.41, 5.74) is 0. The number of hydrogen-bond donors (Lipinski definition) is 1. The summed E-state index contributed by atoms with van der Waals surface area (Å²) in [5.74, 6) is -3.26. The van der Waals surface area contributed by atoms with Gasteiger partial charge in [-0.2, -0.15) is 0 Å². The molecule has 1 amide bonds. The Labute approximate surface area is 140 Å². The van der Waals surface area contributed by atoms with Crippen LogP contribution in [0, 0.1) is 17.7 Å². The van der Waals surface area contributed by atoms with Crippen LogP contribution in [-0.2, 0) is 19.4 Å². The maximum atomic E-state index is 12.9. The lowest BCUT2D eigenvalue weighted by Gasteiger charge is -2.32. The Morgan fingerprint density at radius 1 is 1.25 bits per heavy atom. The first-order valence-corrected chi connectivity index (χ1v) is 9.36. The van der Waals surface area contributed by atoms with E-state index in [4.69, 9.17) is 5.11 Å². The molecule has 1 aromatic carbocycles. The van der Waals surface area contributed by atoms with Crippen molar-refractivity contribution in [2.45, 2.75) is 24.7 Å². The third-order valence-corrected chi connectivity index (χ3v) is 6.15. The Kier molecular flexibility index (Phi) is 5.58. The second-order valence-corrected chi connectivity index (χ2v) is 8.11. The van der Waals surface area contributed by atoms with Gasteiger partial charge in [0, 0.05) is 19.0 Å². The first-order valence-electron chi connectivity index (χ1n) is 7.70. The van der Waals surface area contributed by atoms with E-state index in [0.717, 1.165) is 12.1 Å². The minimum Gasteiger partial charge on any atom is -0.481 e. The van der Waals surface area contributed by atoms with Gasteiger partial charge in [-0.25, -0.2) is 12.8 Å². The Hall–Kier alpha value is -1.96. The first-order chi connectivity index (χ1) is 11.2. The number of carboxylic acids is 1. The normalized spacial score (nSPS) is 17.5. The van der Waals surface area contributed by atoms with Crippen molar-refractivity contribution in [3.63, 3.8) is 0 Å². The molecule has 1 heterocycles. The molecule has 1 atom stereocenters. The Balaban J connectivity index is 1.99. The molecule has 1 unspecified atom stereocenters. The van der Waals surface area contributed by atoms with Crippen molar-refractivity contribution in [2.75, 3.05) is 18.8 Å². The van der Waals surface area contributed by atoms with Crippen molar-refractivity contribution in [3.8, 4) is 0 Å². The number of rotatable bonds is 5. The molecule has 132 valence electrons. The fraction of sp³-hybridized carbons (Fsp3) is 0.500. The van der Waals surface area contributed by atoms with Gasteiger partial charge in [0.15, 0.2) is 9.84 Å². The van der Waals surface area contributed by atoms with E-state index in [0.29, 0.717) is 25.9 Å². The van der Waals surface area contributed by atoms with Crippen LogP contribution in [0.1, 0.15) is 19.8 Å². The number of carbonyl (C=O) groups is 2. The van der Waals surface area contributed by atoms with E-state index >= 15 is 0 Å². The lowest BCUT2D eigenvalue weighted by molar-refractivity contribution is -0.146. The highest BCUT2D eigenvalue weighted by Gasteiger charge is 2.31. The number of carboxylic acid groups (broad SMARTS) is 1. The lowest BCUT2D eigenvalue weighted by atomic mass is 9.96. The van der Waals surface area contributed by atoms with Crippen LogP contribution in [0.3, 0.4) is 0 Å². The van der Waals surface area contributed by atoms with Gasteiger partial charge in [0.05, 0.1) is 16.6 Å². The van der Waals surface area contributed by atoms with Crippen LogP contribution in [0.5, 0.6) is 0 Å². The summed E-state index contributed by atoms with van der Waals surface area (Å²) in [6.07, 6.45) is 0.747. The van der Waals surface area contributed by atoms with Crippen LogP contribution in [0.4, 0.5) is 4.39 Å². The van der Waals surface area contributed by atoms with Gasteiger partial charge in [0.1, 0.15) is 5.82 Å². The molecule has 1 aromatic rings. The Morgan fingerprint density at radius 2 is 1.79 bits per heavy atom. The first kappa shape index (κ1) is 18.4. The molecule has 1 fully saturated rings. The van der Waals surface area contributed by atoms with Crippen molar-refractivity contribution in [2.24, 2.45) is 11.8 Å². The van der Waals surface area contributed by atoms with Gasteiger partial charge in [0.2, 0.25) is 5.91 Å². The summed E-state index contributed by atoms with van der Waals surface area (Å²) in [7, 11) is -3.69. The SMILES string of the molecule is CC(CS(=O)(=O)c1ccc(F)cc1)C(=O)N1CCC(C(=O)O)CC1. The lowest BCUT2D eigenvalue weighted by Crippen LogP contribution is -2.43. The molecule has 0 aromatic heterocycles. The maximum absolute atomic E-state index is 12.9. The van der Waals surface area contributed by atoms with Crippen molar-refractivity contribution in [1.82, 2.24) is 4.90 Å². The smallest absolute Gasteiger partial charge is 0.306 e.